The fourth-order valence-corrected chi connectivity index (χ4v) is 5.49. The lowest BCUT2D eigenvalue weighted by Gasteiger charge is -2.43. The largest absolute Gasteiger partial charge is 0.382 e. The Kier molecular flexibility index (Phi) is 5.79. The number of aryl methyl sites for hydroxylation is 1. The number of pyridine rings is 1. The predicted octanol–water partition coefficient (Wildman–Crippen LogP) is 5.04. The minimum absolute atomic E-state index is 0.00299. The number of carbonyl (C=O) groups is 1. The number of nitrogen functional groups attached to an aromatic ring is 1. The van der Waals surface area contributed by atoms with Crippen molar-refractivity contribution in [3.63, 3.8) is 0 Å². The highest BCUT2D eigenvalue weighted by atomic mass is 16.1. The van der Waals surface area contributed by atoms with Crippen molar-refractivity contribution in [2.45, 2.75) is 58.5 Å². The first-order valence-corrected chi connectivity index (χ1v) is 12.3. The van der Waals surface area contributed by atoms with Gasteiger partial charge < -0.3 is 11.1 Å². The van der Waals surface area contributed by atoms with E-state index in [9.17, 15) is 4.79 Å². The minimum atomic E-state index is -0.242. The fraction of sp³-hybridized carbons (Fsp3) is 0.357. The molecule has 1 aromatic carbocycles. The zero-order chi connectivity index (χ0) is 25.7. The number of carbonyl (C=O) groups excluding carboxylic acids is 1. The summed E-state index contributed by atoms with van der Waals surface area (Å²) in [6, 6.07) is 11.2. The molecule has 1 fully saturated rings. The number of nitrogens with zero attached hydrogens (tertiary/aromatic N) is 5. The highest BCUT2D eigenvalue weighted by Crippen LogP contribution is 2.44. The van der Waals surface area contributed by atoms with E-state index in [1.807, 2.05) is 37.4 Å². The Morgan fingerprint density at radius 2 is 1.86 bits per heavy atom. The molecule has 3 N–H and O–H groups in total. The van der Waals surface area contributed by atoms with Crippen LogP contribution in [0.15, 0.2) is 55.0 Å². The minimum Gasteiger partial charge on any atom is -0.382 e. The molecule has 0 spiro atoms. The molecule has 1 saturated heterocycles. The molecule has 0 bridgehead atoms. The second kappa shape index (κ2) is 8.71. The predicted molar refractivity (Wildman–Crippen MR) is 143 cm³/mol. The summed E-state index contributed by atoms with van der Waals surface area (Å²) < 4.78 is 2.09. The van der Waals surface area contributed by atoms with Crippen molar-refractivity contribution in [3.05, 3.63) is 71.9 Å². The lowest BCUT2D eigenvalue weighted by atomic mass is 9.93. The quantitative estimate of drug-likeness (QED) is 0.421. The Morgan fingerprint density at radius 1 is 1.11 bits per heavy atom. The lowest BCUT2D eigenvalue weighted by Crippen LogP contribution is -2.50. The summed E-state index contributed by atoms with van der Waals surface area (Å²) in [6.07, 6.45) is 7.47. The number of amides is 1. The summed E-state index contributed by atoms with van der Waals surface area (Å²) in [5.41, 5.74) is 10.2. The van der Waals surface area contributed by atoms with Crippen LogP contribution in [-0.4, -0.2) is 42.2 Å². The zero-order valence-electron chi connectivity index (χ0n) is 21.5. The van der Waals surface area contributed by atoms with E-state index in [-0.39, 0.29) is 17.0 Å². The molecule has 4 aromatic rings. The number of aromatic nitrogens is 4. The lowest BCUT2D eigenvalue weighted by molar-refractivity contribution is 0.0471. The summed E-state index contributed by atoms with van der Waals surface area (Å²) in [6.45, 7) is 12.0. The molecular formula is C28H33N7O. The van der Waals surface area contributed by atoms with Gasteiger partial charge in [0.15, 0.2) is 0 Å². The van der Waals surface area contributed by atoms with Crippen LogP contribution in [-0.2, 0) is 5.54 Å². The first-order valence-electron chi connectivity index (χ1n) is 12.3. The van der Waals surface area contributed by atoms with Gasteiger partial charge in [-0.15, -0.1) is 0 Å². The molecule has 8 heteroatoms. The second-order valence-electron chi connectivity index (χ2n) is 10.8. The molecule has 1 atom stereocenters. The smallest absolute Gasteiger partial charge is 0.256 e. The molecule has 0 radical (unpaired) electrons. The van der Waals surface area contributed by atoms with Crippen LogP contribution in [0, 0.1) is 6.92 Å². The van der Waals surface area contributed by atoms with Crippen LogP contribution in [0.4, 0.5) is 11.6 Å². The molecule has 5 rings (SSSR count). The number of anilines is 2. The average Bonchev–Trinajstić information content (AvgIpc) is 3.42. The fourth-order valence-electron chi connectivity index (χ4n) is 5.49. The normalized spacial score (nSPS) is 18.6. The Hall–Kier alpha value is -3.78. The number of fused-ring (bicyclic) bond motifs is 1. The highest BCUT2D eigenvalue weighted by molar-refractivity contribution is 6.04. The molecule has 1 amide bonds. The molecule has 0 saturated carbocycles. The van der Waals surface area contributed by atoms with Gasteiger partial charge in [-0.3, -0.25) is 14.1 Å². The van der Waals surface area contributed by atoms with Crippen molar-refractivity contribution < 1.29 is 4.79 Å². The van der Waals surface area contributed by atoms with Crippen molar-refractivity contribution in [2.75, 3.05) is 17.6 Å². The zero-order valence-corrected chi connectivity index (χ0v) is 21.5. The second-order valence-corrected chi connectivity index (χ2v) is 10.8. The van der Waals surface area contributed by atoms with Crippen LogP contribution in [0.1, 0.15) is 62.3 Å². The summed E-state index contributed by atoms with van der Waals surface area (Å²) in [5.74, 6) is 1.71. The Labute approximate surface area is 211 Å². The average molecular weight is 484 g/mol. The number of hydrogen-bond acceptors (Lipinski definition) is 6. The maximum absolute atomic E-state index is 12.8. The number of benzene rings is 1. The van der Waals surface area contributed by atoms with E-state index in [4.69, 9.17) is 10.7 Å². The van der Waals surface area contributed by atoms with Gasteiger partial charge in [0.25, 0.3) is 5.91 Å². The van der Waals surface area contributed by atoms with Crippen LogP contribution in [0.25, 0.3) is 16.8 Å². The van der Waals surface area contributed by atoms with E-state index in [0.29, 0.717) is 17.2 Å². The van der Waals surface area contributed by atoms with E-state index in [1.165, 1.54) is 0 Å². The Balaban J connectivity index is 1.53. The van der Waals surface area contributed by atoms with Crippen LogP contribution in [0.3, 0.4) is 0 Å². The molecule has 1 unspecified atom stereocenters. The maximum atomic E-state index is 12.8. The van der Waals surface area contributed by atoms with Gasteiger partial charge in [0, 0.05) is 35.3 Å². The topological polar surface area (TPSA) is 101 Å². The van der Waals surface area contributed by atoms with Gasteiger partial charge >= 0.3 is 0 Å². The SMILES string of the molecule is Cc1ccnc(NC(=O)c2ccc(-c3nc(C4(C)CCCN4C(C)(C)C)n4ccnc(N)c34)cc2)c1. The van der Waals surface area contributed by atoms with Gasteiger partial charge in [-0.2, -0.15) is 0 Å². The molecule has 186 valence electrons. The highest BCUT2D eigenvalue weighted by Gasteiger charge is 2.46. The van der Waals surface area contributed by atoms with Crippen LogP contribution in [0.2, 0.25) is 0 Å². The number of nitrogens with two attached hydrogens (primary N) is 1. The summed E-state index contributed by atoms with van der Waals surface area (Å²) in [7, 11) is 0. The molecule has 0 aliphatic carbocycles. The third-order valence-electron chi connectivity index (χ3n) is 7.09. The third-order valence-corrected chi connectivity index (χ3v) is 7.09. The molecular weight excluding hydrogens is 450 g/mol. The first kappa shape index (κ1) is 23.9. The van der Waals surface area contributed by atoms with E-state index >= 15 is 0 Å². The Bertz CT molecular complexity index is 1430. The molecule has 36 heavy (non-hydrogen) atoms. The van der Waals surface area contributed by atoms with Gasteiger partial charge in [-0.25, -0.2) is 15.0 Å². The van der Waals surface area contributed by atoms with E-state index in [1.54, 1.807) is 24.5 Å². The van der Waals surface area contributed by atoms with Gasteiger partial charge in [0.1, 0.15) is 28.7 Å². The van der Waals surface area contributed by atoms with Gasteiger partial charge in [-0.05, 0) is 83.8 Å². The van der Waals surface area contributed by atoms with Crippen LogP contribution < -0.4 is 11.1 Å². The van der Waals surface area contributed by atoms with Crippen LogP contribution >= 0.6 is 0 Å². The number of imidazole rings is 1. The molecule has 4 heterocycles. The number of rotatable bonds is 4. The maximum Gasteiger partial charge on any atom is 0.256 e. The van der Waals surface area contributed by atoms with E-state index < -0.39 is 0 Å². The summed E-state index contributed by atoms with van der Waals surface area (Å²) >= 11 is 0. The molecule has 8 nitrogen and oxygen atoms in total. The van der Waals surface area contributed by atoms with Crippen LogP contribution in [0.5, 0.6) is 0 Å². The van der Waals surface area contributed by atoms with Gasteiger partial charge in [0.2, 0.25) is 0 Å². The standard InChI is InChI=1S/C28H33N7O/c1-18-11-13-30-21(17-18)32-25(36)20-9-7-19(8-10-20)22-23-24(29)31-14-16-34(23)26(33-22)28(5)12-6-15-35(28)27(2,3)4/h7-11,13-14,16-17H,6,12,15H2,1-5H3,(H2,29,31)(H,30,32,36). The number of likely N-dealkylation sites (tertiary alicyclic amines) is 1. The van der Waals surface area contributed by atoms with Crippen molar-refractivity contribution >= 4 is 23.1 Å². The molecule has 1 aliphatic rings. The summed E-state index contributed by atoms with van der Waals surface area (Å²) in [5, 5.41) is 2.86. The van der Waals surface area contributed by atoms with E-state index in [0.717, 1.165) is 47.5 Å². The Morgan fingerprint density at radius 3 is 2.56 bits per heavy atom. The number of nitrogens with one attached hydrogen (secondary N) is 1. The number of hydrogen-bond donors (Lipinski definition) is 2. The monoisotopic (exact) mass is 483 g/mol. The van der Waals surface area contributed by atoms with Crippen molar-refractivity contribution in [3.8, 4) is 11.3 Å². The molecule has 3 aromatic heterocycles. The van der Waals surface area contributed by atoms with Gasteiger partial charge in [0.05, 0.1) is 5.54 Å². The molecule has 1 aliphatic heterocycles. The van der Waals surface area contributed by atoms with Gasteiger partial charge in [-0.1, -0.05) is 12.1 Å². The van der Waals surface area contributed by atoms with Crippen molar-refractivity contribution in [1.82, 2.24) is 24.3 Å². The van der Waals surface area contributed by atoms with Crippen molar-refractivity contribution in [2.24, 2.45) is 0 Å². The van der Waals surface area contributed by atoms with Crippen molar-refractivity contribution in [1.29, 1.82) is 0 Å². The summed E-state index contributed by atoms with van der Waals surface area (Å²) in [4.78, 5) is 29.1. The van der Waals surface area contributed by atoms with E-state index in [2.05, 4.69) is 52.3 Å². The first-order chi connectivity index (χ1) is 17.1. The third kappa shape index (κ3) is 4.11.